The van der Waals surface area contributed by atoms with Crippen molar-refractivity contribution in [2.45, 2.75) is 60.9 Å². The number of carbonyl (C=O) groups is 1. The fourth-order valence-corrected chi connectivity index (χ4v) is 4.35. The Morgan fingerprint density at radius 2 is 1.64 bits per heavy atom. The molecule has 1 N–H and O–H groups in total. The van der Waals surface area contributed by atoms with E-state index in [1.54, 1.807) is 0 Å². The van der Waals surface area contributed by atoms with Crippen molar-refractivity contribution in [1.82, 2.24) is 20.1 Å². The second-order valence-corrected chi connectivity index (χ2v) is 9.03. The zero-order valence-corrected chi connectivity index (χ0v) is 20.4. The number of hydrogen-bond acceptors (Lipinski definition) is 3. The minimum atomic E-state index is 0.0528. The van der Waals surface area contributed by atoms with Gasteiger partial charge in [-0.05, 0) is 87.9 Å². The van der Waals surface area contributed by atoms with E-state index >= 15 is 0 Å². The molecule has 0 aliphatic heterocycles. The molecule has 0 saturated heterocycles. The van der Waals surface area contributed by atoms with Gasteiger partial charge in [0.25, 0.3) is 0 Å². The quantitative estimate of drug-likeness (QED) is 0.429. The minimum Gasteiger partial charge on any atom is -0.352 e. The summed E-state index contributed by atoms with van der Waals surface area (Å²) >= 11 is 0. The van der Waals surface area contributed by atoms with Crippen molar-refractivity contribution in [3.05, 3.63) is 87.2 Å². The summed E-state index contributed by atoms with van der Waals surface area (Å²) in [6.07, 6.45) is 1.10. The standard InChI is InChI=1S/C28H32N4O/c1-17-7-10-23(11-8-17)16-29-26(33)14-13-25-20(4)27-22(6)31-32(28(27)30-21(25)5)24-12-9-18(2)19(3)15-24/h7-12,15H,13-14,16H2,1-6H3,(H,29,33). The highest BCUT2D eigenvalue weighted by atomic mass is 16.1. The Bertz CT molecular complexity index is 1330. The smallest absolute Gasteiger partial charge is 0.220 e. The van der Waals surface area contributed by atoms with Crippen LogP contribution in [0, 0.1) is 41.5 Å². The van der Waals surface area contributed by atoms with E-state index < -0.39 is 0 Å². The van der Waals surface area contributed by atoms with Gasteiger partial charge in [0.05, 0.1) is 11.4 Å². The van der Waals surface area contributed by atoms with Gasteiger partial charge in [-0.2, -0.15) is 5.10 Å². The first-order valence-corrected chi connectivity index (χ1v) is 11.5. The third-order valence-corrected chi connectivity index (χ3v) is 6.52. The van der Waals surface area contributed by atoms with Crippen molar-refractivity contribution in [3.8, 4) is 5.69 Å². The molecule has 2 aromatic carbocycles. The Hall–Kier alpha value is -3.47. The Morgan fingerprint density at radius 3 is 2.33 bits per heavy atom. The minimum absolute atomic E-state index is 0.0528. The number of nitrogens with one attached hydrogen (secondary N) is 1. The summed E-state index contributed by atoms with van der Waals surface area (Å²) < 4.78 is 1.94. The van der Waals surface area contributed by atoms with Crippen LogP contribution in [0.1, 0.15) is 51.2 Å². The number of fused-ring (bicyclic) bond motifs is 1. The van der Waals surface area contributed by atoms with Crippen molar-refractivity contribution in [2.24, 2.45) is 0 Å². The fraction of sp³-hybridized carbons (Fsp3) is 0.321. The maximum atomic E-state index is 12.5. The highest BCUT2D eigenvalue weighted by Crippen LogP contribution is 2.28. The molecule has 5 heteroatoms. The monoisotopic (exact) mass is 440 g/mol. The van der Waals surface area contributed by atoms with Gasteiger partial charge in [-0.15, -0.1) is 0 Å². The molecule has 1 amide bonds. The van der Waals surface area contributed by atoms with E-state index in [4.69, 9.17) is 10.1 Å². The van der Waals surface area contributed by atoms with Crippen LogP contribution in [0.2, 0.25) is 0 Å². The molecular weight excluding hydrogens is 408 g/mol. The van der Waals surface area contributed by atoms with Gasteiger partial charge in [-0.1, -0.05) is 35.9 Å². The molecule has 5 nitrogen and oxygen atoms in total. The molecule has 0 fully saturated rings. The summed E-state index contributed by atoms with van der Waals surface area (Å²) in [5.74, 6) is 0.0528. The third-order valence-electron chi connectivity index (χ3n) is 6.52. The number of aromatic nitrogens is 3. The molecule has 0 aliphatic rings. The van der Waals surface area contributed by atoms with E-state index in [9.17, 15) is 4.79 Å². The predicted octanol–water partition coefficient (Wildman–Crippen LogP) is 5.52. The van der Waals surface area contributed by atoms with Crippen LogP contribution in [0.15, 0.2) is 42.5 Å². The number of amides is 1. The van der Waals surface area contributed by atoms with Gasteiger partial charge >= 0.3 is 0 Å². The summed E-state index contributed by atoms with van der Waals surface area (Å²) in [4.78, 5) is 17.4. The van der Waals surface area contributed by atoms with Gasteiger partial charge in [0.15, 0.2) is 5.65 Å². The average molecular weight is 441 g/mol. The number of nitrogens with zero attached hydrogens (tertiary/aromatic N) is 3. The first-order valence-electron chi connectivity index (χ1n) is 11.5. The summed E-state index contributed by atoms with van der Waals surface area (Å²) in [5.41, 5.74) is 10.9. The second-order valence-electron chi connectivity index (χ2n) is 9.03. The summed E-state index contributed by atoms with van der Waals surface area (Å²) in [5, 5.41) is 8.93. The van der Waals surface area contributed by atoms with Gasteiger partial charge in [0, 0.05) is 24.0 Å². The van der Waals surface area contributed by atoms with E-state index in [1.807, 2.05) is 18.5 Å². The maximum Gasteiger partial charge on any atom is 0.220 e. The Labute approximate surface area is 195 Å². The predicted molar refractivity (Wildman–Crippen MR) is 134 cm³/mol. The second kappa shape index (κ2) is 9.18. The zero-order valence-electron chi connectivity index (χ0n) is 20.4. The molecule has 0 aliphatic carbocycles. The molecule has 0 unspecified atom stereocenters. The Balaban J connectivity index is 1.55. The SMILES string of the molecule is Cc1ccc(CNC(=O)CCc2c(C)nc3c(c(C)nn3-c3ccc(C)c(C)c3)c2C)cc1. The molecule has 170 valence electrons. The lowest BCUT2D eigenvalue weighted by molar-refractivity contribution is -0.121. The van der Waals surface area contributed by atoms with Crippen molar-refractivity contribution in [3.63, 3.8) is 0 Å². The van der Waals surface area contributed by atoms with Crippen LogP contribution in [0.25, 0.3) is 16.7 Å². The number of benzene rings is 2. The molecule has 4 rings (SSSR count). The lowest BCUT2D eigenvalue weighted by atomic mass is 9.99. The largest absolute Gasteiger partial charge is 0.352 e. The first-order chi connectivity index (χ1) is 15.7. The van der Waals surface area contributed by atoms with Gasteiger partial charge in [0.2, 0.25) is 5.91 Å². The summed E-state index contributed by atoms with van der Waals surface area (Å²) in [6, 6.07) is 14.6. The van der Waals surface area contributed by atoms with E-state index in [2.05, 4.69) is 75.5 Å². The average Bonchev–Trinajstić information content (AvgIpc) is 3.11. The Morgan fingerprint density at radius 1 is 0.909 bits per heavy atom. The lowest BCUT2D eigenvalue weighted by Crippen LogP contribution is -2.23. The number of aryl methyl sites for hydroxylation is 6. The molecule has 0 saturated carbocycles. The molecule has 0 radical (unpaired) electrons. The highest BCUT2D eigenvalue weighted by Gasteiger charge is 2.18. The molecule has 0 bridgehead atoms. The van der Waals surface area contributed by atoms with Crippen LogP contribution in [0.5, 0.6) is 0 Å². The van der Waals surface area contributed by atoms with E-state index in [0.29, 0.717) is 19.4 Å². The lowest BCUT2D eigenvalue weighted by Gasteiger charge is -2.12. The van der Waals surface area contributed by atoms with Crippen molar-refractivity contribution < 1.29 is 4.79 Å². The van der Waals surface area contributed by atoms with Crippen molar-refractivity contribution >= 4 is 16.9 Å². The summed E-state index contributed by atoms with van der Waals surface area (Å²) in [6.45, 7) is 13.0. The van der Waals surface area contributed by atoms with Crippen LogP contribution < -0.4 is 5.32 Å². The van der Waals surface area contributed by atoms with Gasteiger partial charge in [-0.3, -0.25) is 4.79 Å². The van der Waals surface area contributed by atoms with Gasteiger partial charge in [0.1, 0.15) is 0 Å². The number of rotatable bonds is 6. The van der Waals surface area contributed by atoms with Crippen LogP contribution in [-0.4, -0.2) is 20.7 Å². The molecule has 4 aromatic rings. The zero-order chi connectivity index (χ0) is 23.7. The first kappa shape index (κ1) is 22.7. The topological polar surface area (TPSA) is 59.8 Å². The van der Waals surface area contributed by atoms with E-state index in [1.165, 1.54) is 16.7 Å². The molecule has 0 spiro atoms. The van der Waals surface area contributed by atoms with Crippen molar-refractivity contribution in [2.75, 3.05) is 0 Å². The van der Waals surface area contributed by atoms with Crippen LogP contribution >= 0.6 is 0 Å². The highest BCUT2D eigenvalue weighted by molar-refractivity contribution is 5.85. The van der Waals surface area contributed by atoms with Crippen LogP contribution in [0.3, 0.4) is 0 Å². The van der Waals surface area contributed by atoms with Crippen LogP contribution in [0.4, 0.5) is 0 Å². The molecule has 2 heterocycles. The van der Waals surface area contributed by atoms with Gasteiger partial charge in [-0.25, -0.2) is 9.67 Å². The van der Waals surface area contributed by atoms with Gasteiger partial charge < -0.3 is 5.32 Å². The number of carbonyl (C=O) groups excluding carboxylic acids is 1. The van der Waals surface area contributed by atoms with E-state index in [0.717, 1.165) is 44.8 Å². The molecular formula is C28H32N4O. The van der Waals surface area contributed by atoms with Crippen molar-refractivity contribution in [1.29, 1.82) is 0 Å². The number of pyridine rings is 1. The molecule has 33 heavy (non-hydrogen) atoms. The Kier molecular flexibility index (Phi) is 6.32. The molecule has 0 atom stereocenters. The third kappa shape index (κ3) is 4.68. The van der Waals surface area contributed by atoms with E-state index in [-0.39, 0.29) is 5.91 Å². The van der Waals surface area contributed by atoms with Crippen LogP contribution in [-0.2, 0) is 17.8 Å². The molecule has 2 aromatic heterocycles. The number of hydrogen-bond donors (Lipinski definition) is 1. The normalized spacial score (nSPS) is 11.2. The maximum absolute atomic E-state index is 12.5. The summed E-state index contributed by atoms with van der Waals surface area (Å²) in [7, 11) is 0. The fourth-order valence-electron chi connectivity index (χ4n) is 4.35.